The van der Waals surface area contributed by atoms with Gasteiger partial charge in [0.25, 0.3) is 11.8 Å². The number of rotatable bonds is 10. The number of benzene rings is 4. The van der Waals surface area contributed by atoms with Crippen molar-refractivity contribution in [3.8, 4) is 0 Å². The number of nitrogens with one attached hydrogen (secondary N) is 5. The quantitative estimate of drug-likeness (QED) is 0.0643. The molecule has 5 N–H and O–H groups in total. The van der Waals surface area contributed by atoms with Gasteiger partial charge in [0, 0.05) is 58.5 Å². The van der Waals surface area contributed by atoms with E-state index in [1.165, 1.54) is 12.1 Å². The van der Waals surface area contributed by atoms with Gasteiger partial charge in [0.1, 0.15) is 17.3 Å². The first-order valence-electron chi connectivity index (χ1n) is 20.7. The summed E-state index contributed by atoms with van der Waals surface area (Å²) >= 11 is 12.7. The average molecular weight is 880 g/mol. The summed E-state index contributed by atoms with van der Waals surface area (Å²) in [4.78, 5) is 94.1. The molecule has 318 valence electrons. The first-order chi connectivity index (χ1) is 29.8. The SMILES string of the molecule is O=C1CCC(N2C(=O)c3cccc(NCCCC(=O)c4ccc(NC(=O)[C@@H]5NC6(CCCCC6)[C@@]6(C(=O)Nc7cc(Cl)ccc76)[C@H]5c5cccc(Cl)c5F)cc4)c3C2=O)C(=O)N1. The number of carbonyl (C=O) groups excluding carboxylic acids is 7. The molecular weight excluding hydrogens is 838 g/mol. The second-order valence-corrected chi connectivity index (χ2v) is 17.4. The second-order valence-electron chi connectivity index (χ2n) is 16.5. The number of piperidine rings is 1. The molecule has 0 radical (unpaired) electrons. The van der Waals surface area contributed by atoms with E-state index in [0.717, 1.165) is 24.2 Å². The third-order valence-electron chi connectivity index (χ3n) is 13.1. The Morgan fingerprint density at radius 1 is 0.871 bits per heavy atom. The van der Waals surface area contributed by atoms with E-state index in [9.17, 15) is 33.6 Å². The predicted octanol–water partition coefficient (Wildman–Crippen LogP) is 6.90. The van der Waals surface area contributed by atoms with Gasteiger partial charge in [-0.05, 0) is 91.4 Å². The van der Waals surface area contributed by atoms with Crippen LogP contribution in [0.5, 0.6) is 0 Å². The highest BCUT2D eigenvalue weighted by atomic mass is 35.5. The molecule has 1 aliphatic carbocycles. The molecule has 0 bridgehead atoms. The van der Waals surface area contributed by atoms with Gasteiger partial charge in [-0.3, -0.25) is 49.1 Å². The van der Waals surface area contributed by atoms with E-state index in [0.29, 0.717) is 52.5 Å². The van der Waals surface area contributed by atoms with Gasteiger partial charge in [-0.15, -0.1) is 0 Å². The van der Waals surface area contributed by atoms with Crippen molar-refractivity contribution in [1.82, 2.24) is 15.5 Å². The van der Waals surface area contributed by atoms with E-state index in [4.69, 9.17) is 23.2 Å². The molecule has 0 aromatic heterocycles. The molecule has 4 aromatic carbocycles. The van der Waals surface area contributed by atoms with E-state index in [-0.39, 0.29) is 59.2 Å². The van der Waals surface area contributed by atoms with Crippen molar-refractivity contribution in [2.75, 3.05) is 22.5 Å². The number of halogens is 3. The Morgan fingerprint density at radius 3 is 2.39 bits per heavy atom. The van der Waals surface area contributed by atoms with E-state index < -0.39 is 64.3 Å². The minimum absolute atomic E-state index is 0.0146. The van der Waals surface area contributed by atoms with Crippen LogP contribution in [0, 0.1) is 5.82 Å². The fourth-order valence-corrected chi connectivity index (χ4v) is 10.8. The fourth-order valence-electron chi connectivity index (χ4n) is 10.5. The molecule has 2 saturated heterocycles. The highest BCUT2D eigenvalue weighted by Crippen LogP contribution is 2.63. The molecule has 13 nitrogen and oxygen atoms in total. The van der Waals surface area contributed by atoms with Gasteiger partial charge in [-0.25, -0.2) is 4.39 Å². The lowest BCUT2D eigenvalue weighted by molar-refractivity contribution is -0.136. The molecule has 1 saturated carbocycles. The highest BCUT2D eigenvalue weighted by Gasteiger charge is 2.72. The van der Waals surface area contributed by atoms with Gasteiger partial charge in [0.05, 0.1) is 22.2 Å². The molecule has 1 unspecified atom stereocenters. The molecule has 5 aliphatic rings. The Morgan fingerprint density at radius 2 is 1.63 bits per heavy atom. The van der Waals surface area contributed by atoms with Gasteiger partial charge in [0.15, 0.2) is 5.78 Å². The maximum absolute atomic E-state index is 16.2. The van der Waals surface area contributed by atoms with E-state index in [2.05, 4.69) is 26.6 Å². The van der Waals surface area contributed by atoms with Crippen LogP contribution in [0.3, 0.4) is 0 Å². The van der Waals surface area contributed by atoms with E-state index in [1.54, 1.807) is 66.7 Å². The summed E-state index contributed by atoms with van der Waals surface area (Å²) in [6.07, 6.45) is 4.28. The molecule has 9 rings (SSSR count). The van der Waals surface area contributed by atoms with Crippen molar-refractivity contribution in [3.05, 3.63) is 123 Å². The summed E-state index contributed by atoms with van der Waals surface area (Å²) in [7, 11) is 0. The summed E-state index contributed by atoms with van der Waals surface area (Å²) in [6.45, 7) is 0.289. The lowest BCUT2D eigenvalue weighted by atomic mass is 9.55. The summed E-state index contributed by atoms with van der Waals surface area (Å²) in [5, 5.41) is 15.2. The van der Waals surface area contributed by atoms with Gasteiger partial charge in [0.2, 0.25) is 23.6 Å². The molecule has 6 amide bonds. The number of fused-ring (bicyclic) bond motifs is 4. The second kappa shape index (κ2) is 16.1. The summed E-state index contributed by atoms with van der Waals surface area (Å²) in [5.41, 5.74) is 0.504. The molecule has 16 heteroatoms. The van der Waals surface area contributed by atoms with Gasteiger partial charge in [-0.2, -0.15) is 0 Å². The lowest BCUT2D eigenvalue weighted by Gasteiger charge is -2.47. The number of anilines is 3. The molecule has 4 atom stereocenters. The average Bonchev–Trinajstić information content (AvgIpc) is 3.81. The molecule has 4 aliphatic heterocycles. The maximum Gasteiger partial charge on any atom is 0.264 e. The zero-order chi connectivity index (χ0) is 43.5. The number of imide groups is 2. The normalized spacial score (nSPS) is 23.6. The fraction of sp³-hybridized carbons (Fsp3) is 0.326. The third kappa shape index (κ3) is 6.66. The Kier molecular flexibility index (Phi) is 10.7. The molecule has 4 heterocycles. The summed E-state index contributed by atoms with van der Waals surface area (Å²) < 4.78 is 16.2. The van der Waals surface area contributed by atoms with Crippen molar-refractivity contribution in [3.63, 3.8) is 0 Å². The Labute approximate surface area is 365 Å². The Bertz CT molecular complexity index is 2600. The first kappa shape index (κ1) is 41.4. The minimum atomic E-state index is -1.38. The molecule has 62 heavy (non-hydrogen) atoms. The topological polar surface area (TPSA) is 183 Å². The van der Waals surface area contributed by atoms with Crippen molar-refractivity contribution in [2.45, 2.75) is 86.7 Å². The number of carbonyl (C=O) groups is 7. The number of nitrogens with zero attached hydrogens (tertiary/aromatic N) is 1. The van der Waals surface area contributed by atoms with Crippen molar-refractivity contribution >= 4 is 81.5 Å². The van der Waals surface area contributed by atoms with Gasteiger partial charge < -0.3 is 16.0 Å². The van der Waals surface area contributed by atoms with E-state index in [1.807, 2.05) is 0 Å². The van der Waals surface area contributed by atoms with Crippen LogP contribution in [0.2, 0.25) is 10.0 Å². The monoisotopic (exact) mass is 878 g/mol. The van der Waals surface area contributed by atoms with Crippen LogP contribution in [0.4, 0.5) is 21.5 Å². The van der Waals surface area contributed by atoms with Crippen molar-refractivity contribution < 1.29 is 38.0 Å². The highest BCUT2D eigenvalue weighted by molar-refractivity contribution is 6.31. The summed E-state index contributed by atoms with van der Waals surface area (Å²) in [5.74, 6) is -5.08. The summed E-state index contributed by atoms with van der Waals surface area (Å²) in [6, 6.07) is 18.9. The van der Waals surface area contributed by atoms with Crippen LogP contribution in [0.15, 0.2) is 78.9 Å². The lowest BCUT2D eigenvalue weighted by Crippen LogP contribution is -2.60. The molecule has 3 fully saturated rings. The van der Waals surface area contributed by atoms with Crippen LogP contribution in [-0.2, 0) is 24.6 Å². The minimum Gasteiger partial charge on any atom is -0.384 e. The van der Waals surface area contributed by atoms with Gasteiger partial charge >= 0.3 is 0 Å². The molecule has 2 spiro atoms. The number of Topliss-reactive ketones (excluding diaryl/α,β-unsaturated/α-hetero) is 1. The standard InChI is InChI=1S/C46H41Cl2FN6O7/c47-25-14-17-29-32(23-25)52-44(62)46(29)37(28-8-4-9-30(48)38(28)49)39(54-45(46)20-2-1-3-21-45)41(59)51-26-15-12-24(13-16-26)34(56)11-6-22-50-31-10-5-7-27-36(31)43(61)55(42(27)60)33-18-19-35(57)53-40(33)58/h4-5,7-10,12-17,23,33,37,39,50,54H,1-3,6,11,18-22H2,(H,51,59)(H,52,62)(H,53,57,58)/t33?,37-,39+,46+/m0/s1. The maximum atomic E-state index is 16.2. The number of hydrogen-bond donors (Lipinski definition) is 5. The van der Waals surface area contributed by atoms with Crippen LogP contribution in [-0.4, -0.2) is 70.3 Å². The zero-order valence-electron chi connectivity index (χ0n) is 33.2. The van der Waals surface area contributed by atoms with Crippen LogP contribution in [0.1, 0.15) is 106 Å². The predicted molar refractivity (Wildman–Crippen MR) is 229 cm³/mol. The van der Waals surface area contributed by atoms with Crippen molar-refractivity contribution in [1.29, 1.82) is 0 Å². The number of ketones is 1. The van der Waals surface area contributed by atoms with Crippen LogP contribution >= 0.6 is 23.2 Å². The van der Waals surface area contributed by atoms with Crippen molar-refractivity contribution in [2.24, 2.45) is 0 Å². The molecular formula is C46H41Cl2FN6O7. The molecule has 4 aromatic rings. The largest absolute Gasteiger partial charge is 0.384 e. The smallest absolute Gasteiger partial charge is 0.264 e. The Balaban J connectivity index is 0.894. The van der Waals surface area contributed by atoms with Crippen LogP contribution < -0.4 is 26.6 Å². The Hall–Kier alpha value is -5.96. The van der Waals surface area contributed by atoms with E-state index >= 15 is 4.39 Å². The zero-order valence-corrected chi connectivity index (χ0v) is 34.8. The number of hydrogen-bond acceptors (Lipinski definition) is 9. The first-order valence-corrected chi connectivity index (χ1v) is 21.5. The van der Waals surface area contributed by atoms with Gasteiger partial charge in [-0.1, -0.05) is 66.7 Å². The number of amides is 6. The van der Waals surface area contributed by atoms with Crippen LogP contribution in [0.25, 0.3) is 0 Å². The third-order valence-corrected chi connectivity index (χ3v) is 13.7.